The van der Waals surface area contributed by atoms with E-state index >= 15 is 0 Å². The van der Waals surface area contributed by atoms with Gasteiger partial charge in [-0.25, -0.2) is 4.79 Å². The van der Waals surface area contributed by atoms with Gasteiger partial charge >= 0.3 is 6.03 Å². The van der Waals surface area contributed by atoms with Gasteiger partial charge in [0.2, 0.25) is 5.91 Å². The molecule has 0 spiro atoms. The fourth-order valence-electron chi connectivity index (χ4n) is 2.24. The fourth-order valence-corrected chi connectivity index (χ4v) is 2.24. The van der Waals surface area contributed by atoms with E-state index < -0.39 is 0 Å². The zero-order chi connectivity index (χ0) is 14.0. The van der Waals surface area contributed by atoms with Gasteiger partial charge in [-0.15, -0.1) is 0 Å². The molecule has 7 heteroatoms. The zero-order valence-electron chi connectivity index (χ0n) is 11.4. The van der Waals surface area contributed by atoms with Crippen LogP contribution in [0.1, 0.15) is 19.0 Å². The predicted molar refractivity (Wildman–Crippen MR) is 70.8 cm³/mol. The first-order chi connectivity index (χ1) is 8.99. The first-order valence-corrected chi connectivity index (χ1v) is 6.35. The molecule has 1 aromatic rings. The number of aromatic nitrogens is 2. The van der Waals surface area contributed by atoms with Gasteiger partial charge in [0.1, 0.15) is 0 Å². The van der Waals surface area contributed by atoms with Crippen LogP contribution in [-0.4, -0.2) is 45.8 Å². The van der Waals surface area contributed by atoms with Gasteiger partial charge in [-0.3, -0.25) is 9.48 Å². The molecular formula is C12H19N5O2. The molecule has 19 heavy (non-hydrogen) atoms. The molecule has 1 saturated heterocycles. The molecule has 2 rings (SSSR count). The van der Waals surface area contributed by atoms with Crippen molar-refractivity contribution in [3.63, 3.8) is 0 Å². The van der Waals surface area contributed by atoms with Crippen molar-refractivity contribution in [2.24, 2.45) is 7.05 Å². The van der Waals surface area contributed by atoms with Crippen molar-refractivity contribution >= 4 is 17.6 Å². The number of carbonyl (C=O) groups excluding carboxylic acids is 2. The van der Waals surface area contributed by atoms with E-state index in [4.69, 9.17) is 0 Å². The molecule has 1 fully saturated rings. The molecule has 0 aliphatic carbocycles. The van der Waals surface area contributed by atoms with E-state index in [1.165, 1.54) is 0 Å². The highest BCUT2D eigenvalue weighted by molar-refractivity contribution is 5.90. The van der Waals surface area contributed by atoms with Crippen LogP contribution in [0.4, 0.5) is 10.5 Å². The Morgan fingerprint density at radius 2 is 2.32 bits per heavy atom. The highest BCUT2D eigenvalue weighted by Crippen LogP contribution is 2.13. The molecule has 3 amide bonds. The van der Waals surface area contributed by atoms with E-state index in [1.54, 1.807) is 22.8 Å². The van der Waals surface area contributed by atoms with Gasteiger partial charge in [0.25, 0.3) is 0 Å². The molecule has 7 nitrogen and oxygen atoms in total. The van der Waals surface area contributed by atoms with Crippen molar-refractivity contribution in [1.29, 1.82) is 0 Å². The maximum absolute atomic E-state index is 11.8. The summed E-state index contributed by atoms with van der Waals surface area (Å²) in [4.78, 5) is 25.1. The Morgan fingerprint density at radius 1 is 1.58 bits per heavy atom. The molecule has 1 atom stereocenters. The quantitative estimate of drug-likeness (QED) is 0.834. The standard InChI is InChI=1S/C12H19N5O2/c1-4-17-6-9(5-11(17)18)13-12(19)14-10-7-16(3)15-8(10)2/h7,9H,4-6H2,1-3H3,(H2,13,14,19)/t9-/m0/s1. The van der Waals surface area contributed by atoms with Crippen LogP contribution in [0.3, 0.4) is 0 Å². The number of likely N-dealkylation sites (tertiary alicyclic amines) is 1. The Balaban J connectivity index is 1.89. The number of urea groups is 1. The van der Waals surface area contributed by atoms with Crippen LogP contribution in [0.15, 0.2) is 6.20 Å². The van der Waals surface area contributed by atoms with Gasteiger partial charge in [0.05, 0.1) is 17.4 Å². The second kappa shape index (κ2) is 5.29. The molecule has 0 radical (unpaired) electrons. The molecule has 104 valence electrons. The normalized spacial score (nSPS) is 18.8. The topological polar surface area (TPSA) is 79.3 Å². The zero-order valence-corrected chi connectivity index (χ0v) is 11.4. The summed E-state index contributed by atoms with van der Waals surface area (Å²) in [5, 5.41) is 9.70. The highest BCUT2D eigenvalue weighted by Gasteiger charge is 2.29. The molecule has 1 aromatic heterocycles. The minimum absolute atomic E-state index is 0.0883. The van der Waals surface area contributed by atoms with Gasteiger partial charge in [-0.1, -0.05) is 0 Å². The number of nitrogens with zero attached hydrogens (tertiary/aromatic N) is 3. The average molecular weight is 265 g/mol. The molecule has 2 heterocycles. The summed E-state index contributed by atoms with van der Waals surface area (Å²) < 4.78 is 1.64. The number of hydrogen-bond donors (Lipinski definition) is 2. The van der Waals surface area contributed by atoms with Crippen molar-refractivity contribution in [2.75, 3.05) is 18.4 Å². The van der Waals surface area contributed by atoms with Crippen LogP contribution in [0.25, 0.3) is 0 Å². The van der Waals surface area contributed by atoms with Crippen molar-refractivity contribution in [1.82, 2.24) is 20.0 Å². The maximum atomic E-state index is 11.8. The third-order valence-corrected chi connectivity index (χ3v) is 3.19. The molecular weight excluding hydrogens is 246 g/mol. The van der Waals surface area contributed by atoms with E-state index in [-0.39, 0.29) is 18.0 Å². The average Bonchev–Trinajstić information content (AvgIpc) is 2.82. The lowest BCUT2D eigenvalue weighted by Crippen LogP contribution is -2.39. The summed E-state index contributed by atoms with van der Waals surface area (Å²) >= 11 is 0. The third-order valence-electron chi connectivity index (χ3n) is 3.19. The van der Waals surface area contributed by atoms with Crippen molar-refractivity contribution in [2.45, 2.75) is 26.3 Å². The van der Waals surface area contributed by atoms with E-state index in [0.717, 1.165) is 5.69 Å². The van der Waals surface area contributed by atoms with Crippen LogP contribution in [0, 0.1) is 6.92 Å². The second-order valence-corrected chi connectivity index (χ2v) is 4.73. The maximum Gasteiger partial charge on any atom is 0.319 e. The third kappa shape index (κ3) is 3.04. The van der Waals surface area contributed by atoms with Crippen molar-refractivity contribution in [3.8, 4) is 0 Å². The lowest BCUT2D eigenvalue weighted by atomic mass is 10.2. The number of amides is 3. The summed E-state index contributed by atoms with van der Waals surface area (Å²) in [5.74, 6) is 0.0883. The molecule has 0 bridgehead atoms. The monoisotopic (exact) mass is 265 g/mol. The van der Waals surface area contributed by atoms with E-state index in [0.29, 0.717) is 25.2 Å². The minimum Gasteiger partial charge on any atom is -0.341 e. The second-order valence-electron chi connectivity index (χ2n) is 4.73. The number of anilines is 1. The van der Waals surface area contributed by atoms with Crippen molar-refractivity contribution in [3.05, 3.63) is 11.9 Å². The van der Waals surface area contributed by atoms with Gasteiger partial charge in [0.15, 0.2) is 0 Å². The van der Waals surface area contributed by atoms with Crippen LogP contribution in [0.2, 0.25) is 0 Å². The molecule has 1 aliphatic rings. The summed E-state index contributed by atoms with van der Waals surface area (Å²) in [6.07, 6.45) is 2.11. The Labute approximate surface area is 111 Å². The van der Waals surface area contributed by atoms with Crippen molar-refractivity contribution < 1.29 is 9.59 Å². The molecule has 2 N–H and O–H groups in total. The fraction of sp³-hybridized carbons (Fsp3) is 0.583. The smallest absolute Gasteiger partial charge is 0.319 e. The Hall–Kier alpha value is -2.05. The van der Waals surface area contributed by atoms with Gasteiger partial charge in [0, 0.05) is 32.8 Å². The number of likely N-dealkylation sites (N-methyl/N-ethyl adjacent to an activating group) is 1. The number of aryl methyl sites for hydroxylation is 2. The van der Waals surface area contributed by atoms with Gasteiger partial charge in [-0.05, 0) is 13.8 Å². The van der Waals surface area contributed by atoms with Crippen LogP contribution < -0.4 is 10.6 Å². The molecule has 1 aliphatic heterocycles. The summed E-state index contributed by atoms with van der Waals surface area (Å²) in [7, 11) is 1.80. The Kier molecular flexibility index (Phi) is 3.73. The number of hydrogen-bond acceptors (Lipinski definition) is 3. The minimum atomic E-state index is -0.299. The lowest BCUT2D eigenvalue weighted by Gasteiger charge is -2.14. The molecule has 0 aromatic carbocycles. The number of carbonyl (C=O) groups is 2. The first-order valence-electron chi connectivity index (χ1n) is 6.35. The largest absolute Gasteiger partial charge is 0.341 e. The van der Waals surface area contributed by atoms with Crippen LogP contribution >= 0.6 is 0 Å². The van der Waals surface area contributed by atoms with E-state index in [1.807, 2.05) is 13.8 Å². The summed E-state index contributed by atoms with van der Waals surface area (Å²) in [6.45, 7) is 5.02. The number of rotatable bonds is 3. The van der Waals surface area contributed by atoms with Crippen LogP contribution in [-0.2, 0) is 11.8 Å². The predicted octanol–water partition coefficient (Wildman–Crippen LogP) is 0.471. The Morgan fingerprint density at radius 3 is 2.84 bits per heavy atom. The summed E-state index contributed by atoms with van der Waals surface area (Å²) in [6, 6.07) is -0.420. The van der Waals surface area contributed by atoms with E-state index in [9.17, 15) is 9.59 Å². The number of nitrogens with one attached hydrogen (secondary N) is 2. The molecule has 0 unspecified atom stereocenters. The first kappa shape index (κ1) is 13.4. The lowest BCUT2D eigenvalue weighted by molar-refractivity contribution is -0.127. The Bertz CT molecular complexity index is 496. The van der Waals surface area contributed by atoms with Gasteiger partial charge in [-0.2, -0.15) is 5.10 Å². The highest BCUT2D eigenvalue weighted by atomic mass is 16.2. The summed E-state index contributed by atoms with van der Waals surface area (Å²) in [5.41, 5.74) is 1.44. The van der Waals surface area contributed by atoms with Crippen LogP contribution in [0.5, 0.6) is 0 Å². The van der Waals surface area contributed by atoms with Gasteiger partial charge < -0.3 is 15.5 Å². The SMILES string of the molecule is CCN1C[C@@H](NC(=O)Nc2cn(C)nc2C)CC1=O. The molecule has 0 saturated carbocycles. The van der Waals surface area contributed by atoms with E-state index in [2.05, 4.69) is 15.7 Å².